The number of aliphatic imine (C=N–C) groups is 1. The molecule has 0 fully saturated rings. The number of aliphatic hydroxyl groups excluding tert-OH is 1. The molecule has 2 N–H and O–H groups in total. The van der Waals surface area contributed by atoms with Gasteiger partial charge in [0, 0.05) is 57.5 Å². The smallest absolute Gasteiger partial charge is 0.214 e. The Hall–Kier alpha value is -4.01. The standard InChI is InChI=1S/C28H27ClN2O6/c1-16-9-22-23(15-30-24(22)14-25(16)35-3)28(33)27(21-6-5-17(29)10-26(21)36-4)31-18-11-19(34-2)13-20(12-18)37-8-7-32/h5-6,9-15,30,32H,7-8H2,1-4H3. The van der Waals surface area contributed by atoms with Crippen molar-refractivity contribution in [3.63, 3.8) is 0 Å². The molecule has 0 radical (unpaired) electrons. The topological polar surface area (TPSA) is 102 Å². The van der Waals surface area contributed by atoms with E-state index in [4.69, 9.17) is 40.6 Å². The van der Waals surface area contributed by atoms with Gasteiger partial charge in [0.25, 0.3) is 0 Å². The van der Waals surface area contributed by atoms with Crippen LogP contribution in [0.15, 0.2) is 59.7 Å². The van der Waals surface area contributed by atoms with E-state index >= 15 is 0 Å². The van der Waals surface area contributed by atoms with Crippen LogP contribution in [0.2, 0.25) is 5.02 Å². The Morgan fingerprint density at radius 3 is 2.41 bits per heavy atom. The number of H-pyrrole nitrogens is 1. The van der Waals surface area contributed by atoms with Gasteiger partial charge >= 0.3 is 0 Å². The van der Waals surface area contributed by atoms with Crippen LogP contribution in [-0.4, -0.2) is 56.1 Å². The molecule has 0 amide bonds. The quantitative estimate of drug-likeness (QED) is 0.210. The number of carbonyl (C=O) groups is 1. The Bertz CT molecular complexity index is 1480. The first-order chi connectivity index (χ1) is 17.9. The van der Waals surface area contributed by atoms with Crippen molar-refractivity contribution >= 4 is 39.7 Å². The van der Waals surface area contributed by atoms with Gasteiger partial charge in [0.15, 0.2) is 0 Å². The van der Waals surface area contributed by atoms with Gasteiger partial charge in [0.2, 0.25) is 5.78 Å². The van der Waals surface area contributed by atoms with Gasteiger partial charge in [-0.15, -0.1) is 0 Å². The van der Waals surface area contributed by atoms with E-state index in [1.54, 1.807) is 49.7 Å². The van der Waals surface area contributed by atoms with Gasteiger partial charge in [0.1, 0.15) is 35.3 Å². The van der Waals surface area contributed by atoms with Crippen molar-refractivity contribution in [2.24, 2.45) is 4.99 Å². The summed E-state index contributed by atoms with van der Waals surface area (Å²) in [5.74, 6) is 1.72. The molecule has 37 heavy (non-hydrogen) atoms. The summed E-state index contributed by atoms with van der Waals surface area (Å²) in [6.07, 6.45) is 1.66. The van der Waals surface area contributed by atoms with Gasteiger partial charge in [0.05, 0.1) is 33.6 Å². The molecule has 0 atom stereocenters. The maximum absolute atomic E-state index is 14.1. The zero-order valence-corrected chi connectivity index (χ0v) is 21.7. The largest absolute Gasteiger partial charge is 0.497 e. The van der Waals surface area contributed by atoms with Crippen LogP contribution >= 0.6 is 11.6 Å². The van der Waals surface area contributed by atoms with Crippen molar-refractivity contribution < 1.29 is 28.8 Å². The van der Waals surface area contributed by atoms with E-state index in [2.05, 4.69) is 4.98 Å². The zero-order valence-electron chi connectivity index (χ0n) is 20.9. The number of aromatic amines is 1. The number of halogens is 1. The summed E-state index contributed by atoms with van der Waals surface area (Å²) in [6, 6.07) is 13.8. The molecule has 8 nitrogen and oxygen atoms in total. The summed E-state index contributed by atoms with van der Waals surface area (Å²) in [4.78, 5) is 22.0. The monoisotopic (exact) mass is 522 g/mol. The van der Waals surface area contributed by atoms with E-state index < -0.39 is 0 Å². The molecular weight excluding hydrogens is 496 g/mol. The number of hydrogen-bond donors (Lipinski definition) is 2. The molecule has 0 bridgehead atoms. The summed E-state index contributed by atoms with van der Waals surface area (Å²) < 4.78 is 21.9. The Morgan fingerprint density at radius 2 is 1.70 bits per heavy atom. The minimum absolute atomic E-state index is 0.102. The predicted molar refractivity (Wildman–Crippen MR) is 144 cm³/mol. The molecule has 192 valence electrons. The lowest BCUT2D eigenvalue weighted by Gasteiger charge is -2.13. The highest BCUT2D eigenvalue weighted by molar-refractivity contribution is 6.53. The predicted octanol–water partition coefficient (Wildman–Crippen LogP) is 5.53. The lowest BCUT2D eigenvalue weighted by Crippen LogP contribution is -2.16. The van der Waals surface area contributed by atoms with E-state index in [9.17, 15) is 4.79 Å². The van der Waals surface area contributed by atoms with Crippen molar-refractivity contribution in [2.75, 3.05) is 34.5 Å². The second kappa shape index (κ2) is 11.4. The number of benzene rings is 3. The lowest BCUT2D eigenvalue weighted by molar-refractivity contribution is 0.106. The second-order valence-electron chi connectivity index (χ2n) is 8.14. The van der Waals surface area contributed by atoms with Gasteiger partial charge in [-0.1, -0.05) is 11.6 Å². The number of Topliss-reactive ketones (excluding diaryl/α,β-unsaturated/α-hetero) is 1. The van der Waals surface area contributed by atoms with E-state index in [0.717, 1.165) is 16.5 Å². The van der Waals surface area contributed by atoms with Crippen molar-refractivity contribution in [3.8, 4) is 23.0 Å². The molecule has 0 spiro atoms. The SMILES string of the molecule is COc1cc(N=C(C(=O)c2c[nH]c3cc(OC)c(C)cc23)c2ccc(Cl)cc2OC)cc(OCCO)c1. The van der Waals surface area contributed by atoms with Crippen LogP contribution in [0, 0.1) is 6.92 Å². The minimum atomic E-state index is -0.322. The minimum Gasteiger partial charge on any atom is -0.497 e. The number of aliphatic hydroxyl groups is 1. The van der Waals surface area contributed by atoms with Crippen LogP contribution in [-0.2, 0) is 0 Å². The highest BCUT2D eigenvalue weighted by Gasteiger charge is 2.24. The number of ether oxygens (including phenoxy) is 4. The molecule has 0 aliphatic carbocycles. The maximum atomic E-state index is 14.1. The Balaban J connectivity index is 1.91. The van der Waals surface area contributed by atoms with E-state index in [-0.39, 0.29) is 24.7 Å². The number of methoxy groups -OCH3 is 3. The first-order valence-corrected chi connectivity index (χ1v) is 11.8. The molecule has 3 aromatic carbocycles. The van der Waals surface area contributed by atoms with Crippen LogP contribution in [0.4, 0.5) is 5.69 Å². The number of ketones is 1. The Morgan fingerprint density at radius 1 is 0.946 bits per heavy atom. The molecule has 1 heterocycles. The fraction of sp³-hybridized carbons (Fsp3) is 0.214. The van der Waals surface area contributed by atoms with Crippen molar-refractivity contribution in [1.29, 1.82) is 0 Å². The zero-order chi connectivity index (χ0) is 26.5. The number of rotatable bonds is 10. The van der Waals surface area contributed by atoms with Crippen molar-refractivity contribution in [2.45, 2.75) is 6.92 Å². The third-order valence-corrected chi connectivity index (χ3v) is 6.01. The molecular formula is C28H27ClN2O6. The van der Waals surface area contributed by atoms with E-state index in [0.29, 0.717) is 44.8 Å². The molecule has 0 aliphatic heterocycles. The number of nitrogens with one attached hydrogen (secondary N) is 1. The van der Waals surface area contributed by atoms with Gasteiger partial charge in [-0.2, -0.15) is 0 Å². The normalized spacial score (nSPS) is 11.5. The van der Waals surface area contributed by atoms with E-state index in [1.807, 2.05) is 19.1 Å². The number of aromatic nitrogens is 1. The fourth-order valence-corrected chi connectivity index (χ4v) is 4.16. The summed E-state index contributed by atoms with van der Waals surface area (Å²) in [7, 11) is 4.63. The number of fused-ring (bicyclic) bond motifs is 1. The maximum Gasteiger partial charge on any atom is 0.214 e. The first-order valence-electron chi connectivity index (χ1n) is 11.4. The van der Waals surface area contributed by atoms with Gasteiger partial charge < -0.3 is 29.0 Å². The van der Waals surface area contributed by atoms with Crippen LogP contribution in [0.1, 0.15) is 21.5 Å². The summed E-state index contributed by atoms with van der Waals surface area (Å²) in [5.41, 5.74) is 3.13. The molecule has 9 heteroatoms. The number of hydrogen-bond acceptors (Lipinski definition) is 7. The van der Waals surface area contributed by atoms with Crippen LogP contribution < -0.4 is 18.9 Å². The molecule has 0 saturated carbocycles. The lowest BCUT2D eigenvalue weighted by atomic mass is 9.98. The Labute approximate surface area is 219 Å². The molecule has 0 saturated heterocycles. The van der Waals surface area contributed by atoms with Crippen LogP contribution in [0.3, 0.4) is 0 Å². The van der Waals surface area contributed by atoms with Gasteiger partial charge in [-0.25, -0.2) is 4.99 Å². The van der Waals surface area contributed by atoms with Crippen molar-refractivity contribution in [3.05, 3.63) is 76.4 Å². The molecule has 1 aromatic heterocycles. The second-order valence-corrected chi connectivity index (χ2v) is 8.58. The number of aryl methyl sites for hydroxylation is 1. The molecule has 4 rings (SSSR count). The van der Waals surface area contributed by atoms with Crippen molar-refractivity contribution in [1.82, 2.24) is 4.98 Å². The van der Waals surface area contributed by atoms with Crippen LogP contribution in [0.5, 0.6) is 23.0 Å². The highest BCUT2D eigenvalue weighted by Crippen LogP contribution is 2.33. The highest BCUT2D eigenvalue weighted by atomic mass is 35.5. The van der Waals surface area contributed by atoms with Gasteiger partial charge in [-0.05, 0) is 36.8 Å². The third kappa shape index (κ3) is 5.55. The molecule has 0 unspecified atom stereocenters. The fourth-order valence-electron chi connectivity index (χ4n) is 4.00. The summed E-state index contributed by atoms with van der Waals surface area (Å²) in [6.45, 7) is 1.87. The molecule has 0 aliphatic rings. The molecule has 4 aromatic rings. The van der Waals surface area contributed by atoms with Gasteiger partial charge in [-0.3, -0.25) is 4.79 Å². The van der Waals surface area contributed by atoms with Crippen LogP contribution in [0.25, 0.3) is 10.9 Å². The van der Waals surface area contributed by atoms with E-state index in [1.165, 1.54) is 14.2 Å². The number of carbonyl (C=O) groups excluding carboxylic acids is 1. The average Bonchev–Trinajstić information content (AvgIpc) is 3.32. The summed E-state index contributed by atoms with van der Waals surface area (Å²) >= 11 is 6.20. The summed E-state index contributed by atoms with van der Waals surface area (Å²) in [5, 5.41) is 10.3. The Kier molecular flexibility index (Phi) is 8.01. The first kappa shape index (κ1) is 26.1. The number of nitrogens with zero attached hydrogens (tertiary/aromatic N) is 1. The average molecular weight is 523 g/mol. The third-order valence-electron chi connectivity index (χ3n) is 5.78.